The molecule has 108 valence electrons. The third kappa shape index (κ3) is 3.69. The van der Waals surface area contributed by atoms with Gasteiger partial charge in [0.15, 0.2) is 0 Å². The molecule has 1 atom stereocenters. The predicted molar refractivity (Wildman–Crippen MR) is 87.4 cm³/mol. The molecule has 0 saturated heterocycles. The number of rotatable bonds is 7. The Labute approximate surface area is 125 Å². The van der Waals surface area contributed by atoms with Crippen molar-refractivity contribution in [2.45, 2.75) is 26.3 Å². The summed E-state index contributed by atoms with van der Waals surface area (Å²) >= 11 is 1.88. The van der Waals surface area contributed by atoms with Gasteiger partial charge in [0, 0.05) is 22.9 Å². The van der Waals surface area contributed by atoms with Gasteiger partial charge in [-0.3, -0.25) is 0 Å². The molecule has 1 aromatic heterocycles. The van der Waals surface area contributed by atoms with E-state index in [0.29, 0.717) is 6.04 Å². The first-order valence-corrected chi connectivity index (χ1v) is 7.98. The van der Waals surface area contributed by atoms with Gasteiger partial charge in [0.1, 0.15) is 0 Å². The normalized spacial score (nSPS) is 12.6. The first-order valence-electron chi connectivity index (χ1n) is 7.16. The van der Waals surface area contributed by atoms with Gasteiger partial charge in [0.25, 0.3) is 0 Å². The number of ether oxygens (including phenoxy) is 1. The van der Waals surface area contributed by atoms with Crippen LogP contribution in [0.15, 0.2) is 36.4 Å². The number of hydrogen-bond acceptors (Lipinski definition) is 3. The summed E-state index contributed by atoms with van der Waals surface area (Å²) < 4.78 is 5.21. The molecule has 0 saturated carbocycles. The molecule has 1 aromatic carbocycles. The van der Waals surface area contributed by atoms with E-state index in [9.17, 15) is 0 Å². The molecule has 0 amide bonds. The van der Waals surface area contributed by atoms with E-state index in [1.165, 1.54) is 20.9 Å². The Kier molecular flexibility index (Phi) is 5.77. The van der Waals surface area contributed by atoms with Crippen molar-refractivity contribution in [3.8, 4) is 10.4 Å². The highest BCUT2D eigenvalue weighted by molar-refractivity contribution is 7.15. The maximum absolute atomic E-state index is 5.21. The molecular formula is C17H23NOS. The summed E-state index contributed by atoms with van der Waals surface area (Å²) in [5, 5.41) is 3.47. The second kappa shape index (κ2) is 7.58. The van der Waals surface area contributed by atoms with Crippen LogP contribution >= 0.6 is 11.3 Å². The third-order valence-corrected chi connectivity index (χ3v) is 4.72. The molecule has 1 heterocycles. The zero-order valence-corrected chi connectivity index (χ0v) is 13.3. The van der Waals surface area contributed by atoms with Gasteiger partial charge < -0.3 is 10.1 Å². The Balaban J connectivity index is 2.23. The van der Waals surface area contributed by atoms with Gasteiger partial charge in [-0.15, -0.1) is 11.3 Å². The average molecular weight is 289 g/mol. The van der Waals surface area contributed by atoms with E-state index in [2.05, 4.69) is 55.6 Å². The minimum Gasteiger partial charge on any atom is -0.384 e. The summed E-state index contributed by atoms with van der Waals surface area (Å²) in [7, 11) is 1.75. The number of thiophene rings is 1. The lowest BCUT2D eigenvalue weighted by molar-refractivity contribution is 0.202. The second-order valence-corrected chi connectivity index (χ2v) is 6.00. The first kappa shape index (κ1) is 15.2. The molecule has 2 nitrogen and oxygen atoms in total. The quantitative estimate of drug-likeness (QED) is 0.821. The summed E-state index contributed by atoms with van der Waals surface area (Å²) in [5.74, 6) is 0. The zero-order valence-electron chi connectivity index (χ0n) is 12.5. The highest BCUT2D eigenvalue weighted by Crippen LogP contribution is 2.33. The Morgan fingerprint density at radius 2 is 2.00 bits per heavy atom. The second-order valence-electron chi connectivity index (χ2n) is 4.88. The van der Waals surface area contributed by atoms with Crippen LogP contribution in [0.1, 0.15) is 30.3 Å². The molecule has 0 fully saturated rings. The van der Waals surface area contributed by atoms with Crippen LogP contribution in [0.25, 0.3) is 10.4 Å². The van der Waals surface area contributed by atoms with E-state index in [-0.39, 0.29) is 0 Å². The first-order chi connectivity index (χ1) is 9.76. The molecule has 1 N–H and O–H groups in total. The lowest BCUT2D eigenvalue weighted by Crippen LogP contribution is -2.16. The van der Waals surface area contributed by atoms with E-state index in [1.54, 1.807) is 7.11 Å². The zero-order chi connectivity index (χ0) is 14.4. The van der Waals surface area contributed by atoms with Crippen molar-refractivity contribution in [1.82, 2.24) is 5.32 Å². The number of benzene rings is 1. The average Bonchev–Trinajstić information content (AvgIpc) is 2.95. The molecular weight excluding hydrogens is 266 g/mol. The highest BCUT2D eigenvalue weighted by atomic mass is 32.1. The largest absolute Gasteiger partial charge is 0.384 e. The minimum atomic E-state index is 0.421. The Bertz CT molecular complexity index is 535. The van der Waals surface area contributed by atoms with E-state index < -0.39 is 0 Å². The van der Waals surface area contributed by atoms with Crippen molar-refractivity contribution in [3.63, 3.8) is 0 Å². The molecule has 2 rings (SSSR count). The Hall–Kier alpha value is -1.16. The highest BCUT2D eigenvalue weighted by Gasteiger charge is 2.11. The number of methoxy groups -OCH3 is 1. The number of hydrogen-bond donors (Lipinski definition) is 1. The van der Waals surface area contributed by atoms with Gasteiger partial charge in [-0.2, -0.15) is 0 Å². The molecule has 2 aromatic rings. The molecule has 0 aliphatic carbocycles. The van der Waals surface area contributed by atoms with Gasteiger partial charge in [-0.1, -0.05) is 31.2 Å². The van der Waals surface area contributed by atoms with Crippen molar-refractivity contribution in [1.29, 1.82) is 0 Å². The van der Waals surface area contributed by atoms with Crippen molar-refractivity contribution >= 4 is 11.3 Å². The Morgan fingerprint density at radius 3 is 2.75 bits per heavy atom. The molecule has 20 heavy (non-hydrogen) atoms. The van der Waals surface area contributed by atoms with Gasteiger partial charge in [0.2, 0.25) is 0 Å². The van der Waals surface area contributed by atoms with Crippen LogP contribution in [0.4, 0.5) is 0 Å². The van der Waals surface area contributed by atoms with Crippen LogP contribution in [0.3, 0.4) is 0 Å². The molecule has 1 unspecified atom stereocenters. The fourth-order valence-electron chi connectivity index (χ4n) is 2.33. The molecule has 0 aliphatic heterocycles. The fourth-order valence-corrected chi connectivity index (χ4v) is 3.42. The fraction of sp³-hybridized carbons (Fsp3) is 0.412. The lowest BCUT2D eigenvalue weighted by Gasteiger charge is -2.10. The maximum atomic E-state index is 5.21. The van der Waals surface area contributed by atoms with Gasteiger partial charge >= 0.3 is 0 Å². The number of nitrogens with one attached hydrogen (secondary N) is 1. The van der Waals surface area contributed by atoms with Crippen LogP contribution in [-0.4, -0.2) is 20.3 Å². The SMILES string of the molecule is CCNC(C)c1ccc(-c2ccccc2CCOC)s1. The molecule has 0 aliphatic rings. The summed E-state index contributed by atoms with van der Waals surface area (Å²) in [6.07, 6.45) is 0.961. The van der Waals surface area contributed by atoms with Gasteiger partial charge in [-0.05, 0) is 43.1 Å². The topological polar surface area (TPSA) is 21.3 Å². The summed E-state index contributed by atoms with van der Waals surface area (Å²) in [6.45, 7) is 6.13. The van der Waals surface area contributed by atoms with Crippen LogP contribution in [0.2, 0.25) is 0 Å². The summed E-state index contributed by atoms with van der Waals surface area (Å²) in [4.78, 5) is 2.74. The summed E-state index contributed by atoms with van der Waals surface area (Å²) in [5.41, 5.74) is 2.70. The van der Waals surface area contributed by atoms with Crippen LogP contribution in [-0.2, 0) is 11.2 Å². The van der Waals surface area contributed by atoms with Crippen LogP contribution in [0.5, 0.6) is 0 Å². The lowest BCUT2D eigenvalue weighted by atomic mass is 10.0. The van der Waals surface area contributed by atoms with Crippen molar-refractivity contribution in [3.05, 3.63) is 46.8 Å². The predicted octanol–water partition coefficient (Wildman–Crippen LogP) is 4.27. The smallest absolute Gasteiger partial charge is 0.0502 e. The monoisotopic (exact) mass is 289 g/mol. The van der Waals surface area contributed by atoms with Crippen LogP contribution < -0.4 is 5.32 Å². The van der Waals surface area contributed by atoms with E-state index in [1.807, 2.05) is 11.3 Å². The molecule has 0 spiro atoms. The van der Waals surface area contributed by atoms with E-state index in [0.717, 1.165) is 19.6 Å². The summed E-state index contributed by atoms with van der Waals surface area (Å²) in [6, 6.07) is 13.5. The van der Waals surface area contributed by atoms with E-state index in [4.69, 9.17) is 4.74 Å². The third-order valence-electron chi connectivity index (χ3n) is 3.42. The minimum absolute atomic E-state index is 0.421. The molecule has 0 radical (unpaired) electrons. The van der Waals surface area contributed by atoms with Crippen molar-refractivity contribution in [2.24, 2.45) is 0 Å². The van der Waals surface area contributed by atoms with Crippen molar-refractivity contribution in [2.75, 3.05) is 20.3 Å². The van der Waals surface area contributed by atoms with E-state index >= 15 is 0 Å². The standard InChI is InChI=1S/C17H23NOS/c1-4-18-13(2)16-9-10-17(20-16)15-8-6-5-7-14(15)11-12-19-3/h5-10,13,18H,4,11-12H2,1-3H3. The van der Waals surface area contributed by atoms with Crippen molar-refractivity contribution < 1.29 is 4.74 Å². The Morgan fingerprint density at radius 1 is 1.20 bits per heavy atom. The van der Waals surface area contributed by atoms with Crippen LogP contribution in [0, 0.1) is 0 Å². The van der Waals surface area contributed by atoms with Gasteiger partial charge in [0.05, 0.1) is 6.61 Å². The molecule has 3 heteroatoms. The maximum Gasteiger partial charge on any atom is 0.0502 e. The van der Waals surface area contributed by atoms with Gasteiger partial charge in [-0.25, -0.2) is 0 Å². The molecule has 0 bridgehead atoms.